The molecule has 9 heteroatoms. The second-order valence-corrected chi connectivity index (χ2v) is 4.15. The number of hydrogen-bond donors (Lipinski definition) is 3. The fourth-order valence-corrected chi connectivity index (χ4v) is 1.99. The number of nitrogens with one attached hydrogen (secondary N) is 1. The summed E-state index contributed by atoms with van der Waals surface area (Å²) in [7, 11) is 0. The number of nitrogen functional groups attached to an aromatic ring is 1. The maximum absolute atomic E-state index is 11.8. The minimum atomic E-state index is -0.861. The lowest BCUT2D eigenvalue weighted by atomic mass is 9.95. The van der Waals surface area contributed by atoms with Crippen LogP contribution in [-0.2, 0) is 0 Å². The highest BCUT2D eigenvalue weighted by atomic mass is 16.6. The zero-order valence-corrected chi connectivity index (χ0v) is 10.8. The average molecular weight is 297 g/mol. The predicted octanol–water partition coefficient (Wildman–Crippen LogP) is 0.981. The van der Waals surface area contributed by atoms with Gasteiger partial charge in [0.15, 0.2) is 0 Å². The number of nitrogens with two attached hydrogens (primary N) is 1. The Hall–Kier alpha value is -3.85. The van der Waals surface area contributed by atoms with E-state index in [2.05, 4.69) is 4.98 Å². The van der Waals surface area contributed by atoms with Gasteiger partial charge in [0, 0.05) is 17.2 Å². The smallest absolute Gasteiger partial charge is 0.311 e. The monoisotopic (exact) mass is 297 g/mol. The number of nitro groups is 1. The molecule has 0 atom stereocenters. The van der Waals surface area contributed by atoms with Crippen molar-refractivity contribution in [3.05, 3.63) is 49.8 Å². The molecule has 4 N–H and O–H groups in total. The van der Waals surface area contributed by atoms with Crippen LogP contribution < -0.4 is 11.3 Å². The maximum atomic E-state index is 11.8. The van der Waals surface area contributed by atoms with Gasteiger partial charge in [0.2, 0.25) is 5.75 Å². The topological polar surface area (TPSA) is 170 Å². The molecule has 1 heterocycles. The summed E-state index contributed by atoms with van der Waals surface area (Å²) in [5, 5.41) is 39.2. The lowest BCUT2D eigenvalue weighted by Gasteiger charge is -2.10. The van der Waals surface area contributed by atoms with Crippen LogP contribution in [0.15, 0.2) is 23.0 Å². The molecule has 0 saturated carbocycles. The average Bonchev–Trinajstić information content (AvgIpc) is 2.46. The van der Waals surface area contributed by atoms with Gasteiger partial charge in [-0.25, -0.2) is 0 Å². The molecule has 9 nitrogen and oxygen atoms in total. The maximum Gasteiger partial charge on any atom is 0.311 e. The molecule has 2 aromatic rings. The summed E-state index contributed by atoms with van der Waals surface area (Å²) in [6.45, 7) is 0. The Kier molecular flexibility index (Phi) is 3.48. The first kappa shape index (κ1) is 14.6. The molecular formula is C13H7N5O4. The van der Waals surface area contributed by atoms with Crippen LogP contribution in [0.4, 0.5) is 11.5 Å². The number of hydrogen-bond acceptors (Lipinski definition) is 7. The Labute approximate surface area is 122 Å². The number of pyridine rings is 1. The first-order valence-electron chi connectivity index (χ1n) is 5.75. The van der Waals surface area contributed by atoms with E-state index in [9.17, 15) is 20.0 Å². The van der Waals surface area contributed by atoms with Crippen molar-refractivity contribution in [1.82, 2.24) is 4.98 Å². The number of nitrogens with zero attached hydrogens (tertiary/aromatic N) is 3. The van der Waals surface area contributed by atoms with Crippen molar-refractivity contribution < 1.29 is 10.0 Å². The third kappa shape index (κ3) is 2.09. The molecule has 0 spiro atoms. The Morgan fingerprint density at radius 3 is 2.45 bits per heavy atom. The Bertz CT molecular complexity index is 933. The minimum Gasteiger partial charge on any atom is -0.502 e. The van der Waals surface area contributed by atoms with Crippen LogP contribution in [0.1, 0.15) is 11.1 Å². The summed E-state index contributed by atoms with van der Waals surface area (Å²) in [5.74, 6) is -1.06. The number of aromatic amines is 1. The predicted molar refractivity (Wildman–Crippen MR) is 74.7 cm³/mol. The van der Waals surface area contributed by atoms with E-state index in [1.807, 2.05) is 0 Å². The summed E-state index contributed by atoms with van der Waals surface area (Å²) >= 11 is 0. The number of benzene rings is 1. The molecule has 0 aliphatic rings. The van der Waals surface area contributed by atoms with Gasteiger partial charge in [-0.1, -0.05) is 12.1 Å². The lowest BCUT2D eigenvalue weighted by molar-refractivity contribution is -0.385. The number of aromatic hydroxyl groups is 1. The van der Waals surface area contributed by atoms with Gasteiger partial charge in [0.1, 0.15) is 29.1 Å². The molecule has 0 aliphatic carbocycles. The highest BCUT2D eigenvalue weighted by Crippen LogP contribution is 2.39. The first-order chi connectivity index (χ1) is 10.4. The Morgan fingerprint density at radius 1 is 1.27 bits per heavy atom. The van der Waals surface area contributed by atoms with Crippen molar-refractivity contribution in [3.8, 4) is 29.0 Å². The molecule has 1 aromatic carbocycles. The van der Waals surface area contributed by atoms with Crippen LogP contribution >= 0.6 is 0 Å². The molecule has 2 rings (SSSR count). The normalized spacial score (nSPS) is 9.73. The fraction of sp³-hybridized carbons (Fsp3) is 0. The number of para-hydroxylation sites is 1. The summed E-state index contributed by atoms with van der Waals surface area (Å²) in [5.41, 5.74) is 2.89. The van der Waals surface area contributed by atoms with E-state index in [0.29, 0.717) is 0 Å². The van der Waals surface area contributed by atoms with Crippen LogP contribution in [0, 0.1) is 32.8 Å². The number of phenols is 1. The van der Waals surface area contributed by atoms with Gasteiger partial charge in [-0.05, 0) is 0 Å². The number of aromatic nitrogens is 1. The van der Waals surface area contributed by atoms with Gasteiger partial charge >= 0.3 is 5.69 Å². The van der Waals surface area contributed by atoms with Crippen molar-refractivity contribution in [2.45, 2.75) is 0 Å². The summed E-state index contributed by atoms with van der Waals surface area (Å²) in [6, 6.07) is 6.88. The molecule has 22 heavy (non-hydrogen) atoms. The largest absolute Gasteiger partial charge is 0.502 e. The lowest BCUT2D eigenvalue weighted by Crippen LogP contribution is -2.16. The van der Waals surface area contributed by atoms with Crippen molar-refractivity contribution in [3.63, 3.8) is 0 Å². The van der Waals surface area contributed by atoms with Crippen molar-refractivity contribution >= 4 is 11.5 Å². The number of nitro benzene ring substituents is 1. The van der Waals surface area contributed by atoms with E-state index in [4.69, 9.17) is 16.3 Å². The third-order valence-electron chi connectivity index (χ3n) is 2.95. The number of anilines is 1. The second kappa shape index (κ2) is 5.26. The van der Waals surface area contributed by atoms with Gasteiger partial charge in [-0.2, -0.15) is 10.5 Å². The summed E-state index contributed by atoms with van der Waals surface area (Å²) in [4.78, 5) is 24.0. The SMILES string of the molecule is N#Cc1c(N)[nH]c(=O)c(C#N)c1-c1cccc([N+](=O)[O-])c1O. The van der Waals surface area contributed by atoms with Crippen LogP contribution in [0.2, 0.25) is 0 Å². The number of rotatable bonds is 2. The second-order valence-electron chi connectivity index (χ2n) is 4.15. The molecular weight excluding hydrogens is 290 g/mol. The number of H-pyrrole nitrogens is 1. The van der Waals surface area contributed by atoms with E-state index in [-0.39, 0.29) is 22.5 Å². The molecule has 1 aromatic heterocycles. The zero-order valence-electron chi connectivity index (χ0n) is 10.8. The van der Waals surface area contributed by atoms with Crippen molar-refractivity contribution in [2.24, 2.45) is 0 Å². The summed E-state index contributed by atoms with van der Waals surface area (Å²) in [6.07, 6.45) is 0. The first-order valence-corrected chi connectivity index (χ1v) is 5.75. The van der Waals surface area contributed by atoms with Crippen LogP contribution in [0.25, 0.3) is 11.1 Å². The molecule has 0 unspecified atom stereocenters. The highest BCUT2D eigenvalue weighted by molar-refractivity contribution is 5.85. The van der Waals surface area contributed by atoms with Gasteiger partial charge in [-0.15, -0.1) is 0 Å². The molecule has 108 valence electrons. The van der Waals surface area contributed by atoms with Gasteiger partial charge in [0.05, 0.1) is 4.92 Å². The quantitative estimate of drug-likeness (QED) is 0.547. The Morgan fingerprint density at radius 2 is 1.91 bits per heavy atom. The van der Waals surface area contributed by atoms with Gasteiger partial charge in [0.25, 0.3) is 5.56 Å². The molecule has 0 bridgehead atoms. The van der Waals surface area contributed by atoms with Crippen molar-refractivity contribution in [1.29, 1.82) is 10.5 Å². The standard InChI is InChI=1S/C13H7N5O4/c14-4-7-10(8(5-15)13(20)17-12(7)16)6-2-1-3-9(11(6)19)18(21)22/h1-3,19H,(H3,16,17,20). The molecule has 0 radical (unpaired) electrons. The zero-order chi connectivity index (χ0) is 16.4. The molecule has 0 amide bonds. The van der Waals surface area contributed by atoms with Gasteiger partial charge in [-0.3, -0.25) is 14.9 Å². The van der Waals surface area contributed by atoms with Crippen LogP contribution in [0.5, 0.6) is 5.75 Å². The van der Waals surface area contributed by atoms with E-state index in [1.165, 1.54) is 12.1 Å². The fourth-order valence-electron chi connectivity index (χ4n) is 1.99. The third-order valence-corrected chi connectivity index (χ3v) is 2.95. The van der Waals surface area contributed by atoms with E-state index in [0.717, 1.165) is 6.07 Å². The van der Waals surface area contributed by atoms with Crippen molar-refractivity contribution in [2.75, 3.05) is 5.73 Å². The Balaban J connectivity index is 3.00. The highest BCUT2D eigenvalue weighted by Gasteiger charge is 2.24. The van der Waals surface area contributed by atoms with E-state index in [1.54, 1.807) is 12.1 Å². The van der Waals surface area contributed by atoms with E-state index < -0.39 is 27.5 Å². The van der Waals surface area contributed by atoms with E-state index >= 15 is 0 Å². The van der Waals surface area contributed by atoms with Crippen LogP contribution in [0.3, 0.4) is 0 Å². The molecule has 0 fully saturated rings. The van der Waals surface area contributed by atoms with Crippen LogP contribution in [-0.4, -0.2) is 15.0 Å². The minimum absolute atomic E-state index is 0.194. The number of phenolic OH excluding ortho intramolecular Hbond substituents is 1. The molecule has 0 saturated heterocycles. The molecule has 0 aliphatic heterocycles. The van der Waals surface area contributed by atoms with Gasteiger partial charge < -0.3 is 15.8 Å². The number of nitriles is 2. The summed E-state index contributed by atoms with van der Waals surface area (Å²) < 4.78 is 0.